The van der Waals surface area contributed by atoms with Crippen molar-refractivity contribution in [2.24, 2.45) is 0 Å². The molecule has 0 saturated heterocycles. The van der Waals surface area contributed by atoms with Gasteiger partial charge in [-0.15, -0.1) is 11.3 Å². The van der Waals surface area contributed by atoms with Gasteiger partial charge in [0.2, 0.25) is 5.91 Å². The van der Waals surface area contributed by atoms with E-state index in [1.165, 1.54) is 14.7 Å². The van der Waals surface area contributed by atoms with E-state index in [1.54, 1.807) is 35.6 Å². The summed E-state index contributed by atoms with van der Waals surface area (Å²) >= 11 is 1.59. The highest BCUT2D eigenvalue weighted by Gasteiger charge is 2.16. The van der Waals surface area contributed by atoms with Gasteiger partial charge >= 0.3 is 5.69 Å². The van der Waals surface area contributed by atoms with Crippen molar-refractivity contribution in [2.45, 2.75) is 45.3 Å². The smallest absolute Gasteiger partial charge is 0.331 e. The van der Waals surface area contributed by atoms with E-state index >= 15 is 0 Å². The topological polar surface area (TPSA) is 73.1 Å². The van der Waals surface area contributed by atoms with Gasteiger partial charge in [-0.1, -0.05) is 48.5 Å². The van der Waals surface area contributed by atoms with Gasteiger partial charge in [-0.25, -0.2) is 4.79 Å². The Hall–Kier alpha value is -3.45. The molecule has 0 fully saturated rings. The van der Waals surface area contributed by atoms with Crippen molar-refractivity contribution >= 4 is 28.1 Å². The lowest BCUT2D eigenvalue weighted by molar-refractivity contribution is -0.122. The van der Waals surface area contributed by atoms with Crippen molar-refractivity contribution in [1.29, 1.82) is 0 Å². The maximum absolute atomic E-state index is 13.2. The normalized spacial score (nSPS) is 12.0. The summed E-state index contributed by atoms with van der Waals surface area (Å²) in [5.74, 6) is -0.244. The molecule has 170 valence electrons. The summed E-state index contributed by atoms with van der Waals surface area (Å²) in [5.41, 5.74) is 0.924. The summed E-state index contributed by atoms with van der Waals surface area (Å²) in [6, 6.07) is 21.0. The number of carbonyl (C=O) groups excluding carboxylic acids is 1. The number of aromatic nitrogens is 2. The Balaban J connectivity index is 1.52. The van der Waals surface area contributed by atoms with Crippen LogP contribution in [0.5, 0.6) is 0 Å². The molecule has 0 radical (unpaired) electrons. The number of nitrogens with one attached hydrogen (secondary N) is 1. The zero-order chi connectivity index (χ0) is 23.2. The fourth-order valence-electron chi connectivity index (χ4n) is 3.96. The lowest BCUT2D eigenvalue weighted by Crippen LogP contribution is -2.44. The van der Waals surface area contributed by atoms with Gasteiger partial charge in [-0.2, -0.15) is 0 Å². The number of amides is 1. The van der Waals surface area contributed by atoms with Gasteiger partial charge in [0.15, 0.2) is 0 Å². The van der Waals surface area contributed by atoms with Gasteiger partial charge in [0, 0.05) is 17.5 Å². The number of thiophene rings is 1. The number of aryl methyl sites for hydroxylation is 2. The first kappa shape index (κ1) is 22.7. The molecule has 1 atom stereocenters. The van der Waals surface area contributed by atoms with Crippen LogP contribution in [0.15, 0.2) is 81.7 Å². The Morgan fingerprint density at radius 1 is 0.939 bits per heavy atom. The van der Waals surface area contributed by atoms with Crippen molar-refractivity contribution in [3.8, 4) is 0 Å². The van der Waals surface area contributed by atoms with Gasteiger partial charge < -0.3 is 5.32 Å². The predicted octanol–water partition coefficient (Wildman–Crippen LogP) is 3.60. The summed E-state index contributed by atoms with van der Waals surface area (Å²) in [4.78, 5) is 40.2. The molecule has 0 unspecified atom stereocenters. The molecule has 0 aliphatic rings. The summed E-state index contributed by atoms with van der Waals surface area (Å²) in [6.45, 7) is 2.11. The second-order valence-electron chi connectivity index (χ2n) is 8.16. The third-order valence-electron chi connectivity index (χ3n) is 5.71. The number of hydrogen-bond acceptors (Lipinski definition) is 4. The zero-order valence-electron chi connectivity index (χ0n) is 18.6. The average molecular weight is 462 g/mol. The second kappa shape index (κ2) is 10.4. The van der Waals surface area contributed by atoms with E-state index in [0.29, 0.717) is 17.3 Å². The summed E-state index contributed by atoms with van der Waals surface area (Å²) in [5, 5.41) is 5.41. The van der Waals surface area contributed by atoms with Gasteiger partial charge in [-0.3, -0.25) is 18.7 Å². The van der Waals surface area contributed by atoms with Crippen LogP contribution < -0.4 is 16.6 Å². The standard InChI is InChI=1S/C26H27N3O3S/c1-19(13-14-20-8-3-2-4-9-20)27-24(30)18-29-23-12-6-5-11-22(23)25(31)28(26(29)32)16-15-21-10-7-17-33-21/h2-12,17,19H,13-16,18H2,1H3,(H,27,30)/t19-/m0/s1. The molecule has 0 aliphatic heterocycles. The van der Waals surface area contributed by atoms with Crippen LogP contribution in [0.25, 0.3) is 10.9 Å². The van der Waals surface area contributed by atoms with E-state index in [4.69, 9.17) is 0 Å². The quantitative estimate of drug-likeness (QED) is 0.414. The molecule has 0 aliphatic carbocycles. The Morgan fingerprint density at radius 2 is 1.70 bits per heavy atom. The van der Waals surface area contributed by atoms with E-state index in [1.807, 2.05) is 42.6 Å². The number of carbonyl (C=O) groups is 1. The van der Waals surface area contributed by atoms with Crippen molar-refractivity contribution in [3.63, 3.8) is 0 Å². The molecule has 33 heavy (non-hydrogen) atoms. The number of para-hydroxylation sites is 1. The lowest BCUT2D eigenvalue weighted by Gasteiger charge is -2.17. The van der Waals surface area contributed by atoms with E-state index in [9.17, 15) is 14.4 Å². The zero-order valence-corrected chi connectivity index (χ0v) is 19.4. The number of nitrogens with zero attached hydrogens (tertiary/aromatic N) is 2. The summed E-state index contributed by atoms with van der Waals surface area (Å²) in [6.07, 6.45) is 2.25. The largest absolute Gasteiger partial charge is 0.352 e. The molecular weight excluding hydrogens is 434 g/mol. The number of hydrogen-bond donors (Lipinski definition) is 1. The van der Waals surface area contributed by atoms with E-state index in [2.05, 4.69) is 17.4 Å². The summed E-state index contributed by atoms with van der Waals surface area (Å²) < 4.78 is 2.65. The highest BCUT2D eigenvalue weighted by atomic mass is 32.1. The Bertz CT molecular complexity index is 1340. The fraction of sp³-hybridized carbons (Fsp3) is 0.269. The van der Waals surface area contributed by atoms with Gasteiger partial charge in [0.1, 0.15) is 6.54 Å². The van der Waals surface area contributed by atoms with Crippen molar-refractivity contribution < 1.29 is 4.79 Å². The van der Waals surface area contributed by atoms with Crippen LogP contribution in [0.4, 0.5) is 0 Å². The van der Waals surface area contributed by atoms with Gasteiger partial charge in [0.05, 0.1) is 10.9 Å². The minimum Gasteiger partial charge on any atom is -0.352 e. The molecule has 1 amide bonds. The number of rotatable bonds is 9. The van der Waals surface area contributed by atoms with Crippen molar-refractivity contribution in [2.75, 3.05) is 0 Å². The molecule has 0 spiro atoms. The Labute approximate surface area is 196 Å². The van der Waals surface area contributed by atoms with Gasteiger partial charge in [-0.05, 0) is 55.3 Å². The maximum atomic E-state index is 13.2. The van der Waals surface area contributed by atoms with Crippen LogP contribution >= 0.6 is 11.3 Å². The minimum atomic E-state index is -0.456. The Kier molecular flexibility index (Phi) is 7.19. The molecule has 2 aromatic carbocycles. The van der Waals surface area contributed by atoms with E-state index in [0.717, 1.165) is 17.7 Å². The first-order valence-corrected chi connectivity index (χ1v) is 12.0. The Morgan fingerprint density at radius 3 is 2.45 bits per heavy atom. The molecule has 2 heterocycles. The van der Waals surface area contributed by atoms with Crippen LogP contribution in [-0.4, -0.2) is 21.1 Å². The number of fused-ring (bicyclic) bond motifs is 1. The van der Waals surface area contributed by atoms with Crippen LogP contribution in [0.1, 0.15) is 23.8 Å². The SMILES string of the molecule is C[C@@H](CCc1ccccc1)NC(=O)Cn1c(=O)n(CCc2cccs2)c(=O)c2ccccc21. The molecule has 7 heteroatoms. The highest BCUT2D eigenvalue weighted by molar-refractivity contribution is 7.09. The monoisotopic (exact) mass is 461 g/mol. The lowest BCUT2D eigenvalue weighted by atomic mass is 10.1. The molecule has 2 aromatic heterocycles. The predicted molar refractivity (Wildman–Crippen MR) is 133 cm³/mol. The molecule has 0 saturated carbocycles. The van der Waals surface area contributed by atoms with Gasteiger partial charge in [0.25, 0.3) is 5.56 Å². The summed E-state index contributed by atoms with van der Waals surface area (Å²) in [7, 11) is 0. The second-order valence-corrected chi connectivity index (χ2v) is 9.20. The fourth-order valence-corrected chi connectivity index (χ4v) is 4.66. The molecule has 0 bridgehead atoms. The van der Waals surface area contributed by atoms with Crippen LogP contribution in [0.3, 0.4) is 0 Å². The molecule has 6 nitrogen and oxygen atoms in total. The highest BCUT2D eigenvalue weighted by Crippen LogP contribution is 2.11. The third kappa shape index (κ3) is 5.49. The van der Waals surface area contributed by atoms with E-state index < -0.39 is 5.69 Å². The first-order chi connectivity index (χ1) is 16.0. The average Bonchev–Trinajstić information content (AvgIpc) is 3.35. The van der Waals surface area contributed by atoms with Crippen LogP contribution in [0, 0.1) is 0 Å². The molecule has 4 aromatic rings. The third-order valence-corrected chi connectivity index (χ3v) is 6.65. The number of benzene rings is 2. The first-order valence-electron chi connectivity index (χ1n) is 11.1. The molecule has 4 rings (SSSR count). The van der Waals surface area contributed by atoms with Crippen LogP contribution in [0.2, 0.25) is 0 Å². The minimum absolute atomic E-state index is 0.0376. The van der Waals surface area contributed by atoms with Crippen LogP contribution in [-0.2, 0) is 30.7 Å². The van der Waals surface area contributed by atoms with Crippen molar-refractivity contribution in [3.05, 3.63) is 103 Å². The maximum Gasteiger partial charge on any atom is 0.331 e. The van der Waals surface area contributed by atoms with Crippen molar-refractivity contribution in [1.82, 2.24) is 14.5 Å². The molecule has 1 N–H and O–H groups in total. The van der Waals surface area contributed by atoms with E-state index in [-0.39, 0.29) is 30.6 Å². The molecular formula is C26H27N3O3S.